The molecule has 0 unspecified atom stereocenters. The minimum atomic E-state index is -0.780. The molecule has 0 aliphatic carbocycles. The molecule has 2 aromatic rings. The SMILES string of the molecule is CC(=O)c1c(O)cc(C)n(NC(=O)CNc2cccc(Cl)c2C)c1=O. The van der Waals surface area contributed by atoms with E-state index >= 15 is 0 Å². The number of Topliss-reactive ketones (excluding diaryl/α,β-unsaturated/α-hetero) is 1. The monoisotopic (exact) mass is 363 g/mol. The third kappa shape index (κ3) is 4.00. The van der Waals surface area contributed by atoms with Crippen LogP contribution in [0.1, 0.15) is 28.5 Å². The van der Waals surface area contributed by atoms with E-state index in [1.165, 1.54) is 19.9 Å². The maximum Gasteiger partial charge on any atom is 0.284 e. The molecule has 0 aliphatic heterocycles. The lowest BCUT2D eigenvalue weighted by molar-refractivity contribution is -0.115. The molecule has 0 atom stereocenters. The molecule has 2 rings (SSSR count). The molecular formula is C17H18ClN3O4. The van der Waals surface area contributed by atoms with Gasteiger partial charge >= 0.3 is 0 Å². The largest absolute Gasteiger partial charge is 0.507 e. The molecule has 0 bridgehead atoms. The Hall–Kier alpha value is -2.80. The van der Waals surface area contributed by atoms with Crippen LogP contribution in [0.25, 0.3) is 0 Å². The number of halogens is 1. The lowest BCUT2D eigenvalue weighted by atomic mass is 10.1. The van der Waals surface area contributed by atoms with Gasteiger partial charge < -0.3 is 10.4 Å². The molecule has 0 radical (unpaired) electrons. The molecule has 1 amide bonds. The number of carbonyl (C=O) groups excluding carboxylic acids is 2. The van der Waals surface area contributed by atoms with Gasteiger partial charge in [0.1, 0.15) is 11.3 Å². The number of hydrogen-bond donors (Lipinski definition) is 3. The molecule has 0 aliphatic rings. The highest BCUT2D eigenvalue weighted by atomic mass is 35.5. The van der Waals surface area contributed by atoms with Crippen molar-refractivity contribution in [3.8, 4) is 5.75 Å². The average Bonchev–Trinajstić information content (AvgIpc) is 2.52. The van der Waals surface area contributed by atoms with Gasteiger partial charge in [0.05, 0.1) is 6.54 Å². The van der Waals surface area contributed by atoms with Crippen LogP contribution in [0, 0.1) is 13.8 Å². The van der Waals surface area contributed by atoms with Crippen molar-refractivity contribution < 1.29 is 14.7 Å². The lowest BCUT2D eigenvalue weighted by Gasteiger charge is -2.15. The van der Waals surface area contributed by atoms with Crippen molar-refractivity contribution >= 4 is 29.0 Å². The third-order valence-corrected chi connectivity index (χ3v) is 4.08. The zero-order valence-corrected chi connectivity index (χ0v) is 14.8. The highest BCUT2D eigenvalue weighted by molar-refractivity contribution is 6.31. The summed E-state index contributed by atoms with van der Waals surface area (Å²) in [6, 6.07) is 6.52. The zero-order chi connectivity index (χ0) is 18.7. The summed E-state index contributed by atoms with van der Waals surface area (Å²) in [7, 11) is 0. The molecule has 1 aromatic carbocycles. The number of ketones is 1. The predicted octanol–water partition coefficient (Wildman–Crippen LogP) is 2.21. The Labute approximate surface area is 149 Å². The van der Waals surface area contributed by atoms with Gasteiger partial charge in [0.2, 0.25) is 0 Å². The van der Waals surface area contributed by atoms with Gasteiger partial charge in [-0.25, -0.2) is 4.68 Å². The van der Waals surface area contributed by atoms with E-state index in [4.69, 9.17) is 11.6 Å². The first-order valence-electron chi connectivity index (χ1n) is 7.47. The maximum absolute atomic E-state index is 12.3. The van der Waals surface area contributed by atoms with Crippen LogP contribution in [-0.2, 0) is 4.79 Å². The molecule has 0 spiro atoms. The molecule has 132 valence electrons. The number of aromatic nitrogens is 1. The number of hydrogen-bond acceptors (Lipinski definition) is 5. The molecule has 7 nitrogen and oxygen atoms in total. The summed E-state index contributed by atoms with van der Waals surface area (Å²) < 4.78 is 0.936. The molecular weight excluding hydrogens is 346 g/mol. The van der Waals surface area contributed by atoms with Crippen molar-refractivity contribution in [3.05, 3.63) is 56.5 Å². The van der Waals surface area contributed by atoms with Crippen molar-refractivity contribution in [2.24, 2.45) is 0 Å². The summed E-state index contributed by atoms with van der Waals surface area (Å²) in [5, 5.41) is 13.2. The van der Waals surface area contributed by atoms with Gasteiger partial charge in [-0.3, -0.25) is 19.8 Å². The highest BCUT2D eigenvalue weighted by Gasteiger charge is 2.17. The van der Waals surface area contributed by atoms with Gasteiger partial charge in [0.25, 0.3) is 11.5 Å². The molecule has 8 heteroatoms. The molecule has 0 saturated heterocycles. The molecule has 0 saturated carbocycles. The first-order valence-corrected chi connectivity index (χ1v) is 7.85. The van der Waals surface area contributed by atoms with Crippen molar-refractivity contribution in [2.75, 3.05) is 17.3 Å². The lowest BCUT2D eigenvalue weighted by Crippen LogP contribution is -2.39. The Bertz CT molecular complexity index is 905. The number of benzene rings is 1. The number of rotatable bonds is 5. The van der Waals surface area contributed by atoms with Crippen LogP contribution in [0.4, 0.5) is 5.69 Å². The van der Waals surface area contributed by atoms with Crippen LogP contribution >= 0.6 is 11.6 Å². The Balaban J connectivity index is 2.18. The van der Waals surface area contributed by atoms with E-state index in [-0.39, 0.29) is 12.1 Å². The van der Waals surface area contributed by atoms with Crippen molar-refractivity contribution in [3.63, 3.8) is 0 Å². The van der Waals surface area contributed by atoms with Crippen molar-refractivity contribution in [2.45, 2.75) is 20.8 Å². The normalized spacial score (nSPS) is 10.4. The van der Waals surface area contributed by atoms with E-state index in [0.717, 1.165) is 10.2 Å². The fourth-order valence-electron chi connectivity index (χ4n) is 2.32. The third-order valence-electron chi connectivity index (χ3n) is 3.67. The Morgan fingerprint density at radius 2 is 1.96 bits per heavy atom. The number of aromatic hydroxyl groups is 1. The van der Waals surface area contributed by atoms with Crippen LogP contribution in [-0.4, -0.2) is 28.0 Å². The fraction of sp³-hybridized carbons (Fsp3) is 0.235. The predicted molar refractivity (Wildman–Crippen MR) is 96.2 cm³/mol. The summed E-state index contributed by atoms with van der Waals surface area (Å²) in [6.45, 7) is 4.40. The van der Waals surface area contributed by atoms with Crippen LogP contribution in [0.15, 0.2) is 29.1 Å². The second-order valence-corrected chi connectivity index (χ2v) is 5.95. The Morgan fingerprint density at radius 1 is 1.28 bits per heavy atom. The standard InChI is InChI=1S/C17H18ClN3O4/c1-9-7-14(23)16(11(3)22)17(25)21(9)20-15(24)8-19-13-6-4-5-12(18)10(13)2/h4-7,19,23H,8H2,1-3H3,(H,20,24). The van der Waals surface area contributed by atoms with Gasteiger partial charge in [0.15, 0.2) is 5.78 Å². The minimum absolute atomic E-state index is 0.108. The van der Waals surface area contributed by atoms with E-state index in [2.05, 4.69) is 10.7 Å². The maximum atomic E-state index is 12.3. The number of amides is 1. The van der Waals surface area contributed by atoms with Crippen LogP contribution in [0.5, 0.6) is 5.75 Å². The van der Waals surface area contributed by atoms with Gasteiger partial charge in [-0.1, -0.05) is 17.7 Å². The highest BCUT2D eigenvalue weighted by Crippen LogP contribution is 2.22. The van der Waals surface area contributed by atoms with E-state index in [0.29, 0.717) is 16.4 Å². The van der Waals surface area contributed by atoms with E-state index in [1.807, 2.05) is 6.92 Å². The minimum Gasteiger partial charge on any atom is -0.507 e. The smallest absolute Gasteiger partial charge is 0.284 e. The summed E-state index contributed by atoms with van der Waals surface area (Å²) in [6.07, 6.45) is 0. The van der Waals surface area contributed by atoms with Crippen LogP contribution < -0.4 is 16.3 Å². The second-order valence-electron chi connectivity index (χ2n) is 5.54. The molecule has 3 N–H and O–H groups in total. The number of anilines is 1. The quantitative estimate of drug-likeness (QED) is 0.707. The first kappa shape index (κ1) is 18.5. The average molecular weight is 364 g/mol. The molecule has 1 heterocycles. The molecule has 0 fully saturated rings. The first-order chi connectivity index (χ1) is 11.7. The van der Waals surface area contributed by atoms with E-state index < -0.39 is 23.0 Å². The van der Waals surface area contributed by atoms with Gasteiger partial charge in [-0.2, -0.15) is 0 Å². The topological polar surface area (TPSA) is 100 Å². The number of pyridine rings is 1. The Kier molecular flexibility index (Phi) is 5.48. The fourth-order valence-corrected chi connectivity index (χ4v) is 2.50. The van der Waals surface area contributed by atoms with E-state index in [9.17, 15) is 19.5 Å². The van der Waals surface area contributed by atoms with Crippen LogP contribution in [0.3, 0.4) is 0 Å². The zero-order valence-electron chi connectivity index (χ0n) is 14.0. The van der Waals surface area contributed by atoms with Crippen molar-refractivity contribution in [1.29, 1.82) is 0 Å². The number of aryl methyl sites for hydroxylation is 1. The molecule has 25 heavy (non-hydrogen) atoms. The number of carbonyl (C=O) groups is 2. The summed E-state index contributed by atoms with van der Waals surface area (Å²) in [4.78, 5) is 35.9. The number of nitrogens with zero attached hydrogens (tertiary/aromatic N) is 1. The van der Waals surface area contributed by atoms with Gasteiger partial charge in [0, 0.05) is 22.5 Å². The van der Waals surface area contributed by atoms with E-state index in [1.54, 1.807) is 18.2 Å². The Morgan fingerprint density at radius 3 is 2.60 bits per heavy atom. The number of nitrogens with one attached hydrogen (secondary N) is 2. The van der Waals surface area contributed by atoms with Gasteiger partial charge in [-0.15, -0.1) is 0 Å². The van der Waals surface area contributed by atoms with Crippen molar-refractivity contribution in [1.82, 2.24) is 4.68 Å². The summed E-state index contributed by atoms with van der Waals surface area (Å²) >= 11 is 6.02. The summed E-state index contributed by atoms with van der Waals surface area (Å²) in [5.74, 6) is -1.49. The summed E-state index contributed by atoms with van der Waals surface area (Å²) in [5.41, 5.74) is 3.05. The van der Waals surface area contributed by atoms with Gasteiger partial charge in [-0.05, 0) is 38.5 Å². The second kappa shape index (κ2) is 7.40. The molecule has 1 aromatic heterocycles. The van der Waals surface area contributed by atoms with Crippen LogP contribution in [0.2, 0.25) is 5.02 Å².